The highest BCUT2D eigenvalue weighted by molar-refractivity contribution is 5.88. The molecule has 17 heavy (non-hydrogen) atoms. The second kappa shape index (κ2) is 6.15. The van der Waals surface area contributed by atoms with Crippen molar-refractivity contribution in [1.29, 1.82) is 0 Å². The van der Waals surface area contributed by atoms with Gasteiger partial charge in [-0.1, -0.05) is 6.92 Å². The number of nitrogens with one attached hydrogen (secondary N) is 1. The molecule has 0 aliphatic rings. The predicted molar refractivity (Wildman–Crippen MR) is 60.6 cm³/mol. The van der Waals surface area contributed by atoms with Gasteiger partial charge in [0.1, 0.15) is 5.56 Å². The number of hydrogen-bond donors (Lipinski definition) is 3. The number of nitrogens with zero attached hydrogens (tertiary/aromatic N) is 1. The first kappa shape index (κ1) is 13.4. The summed E-state index contributed by atoms with van der Waals surface area (Å²) in [6.07, 6.45) is 1.85. The molecule has 0 saturated carbocycles. The minimum absolute atomic E-state index is 0.104. The Morgan fingerprint density at radius 2 is 2.35 bits per heavy atom. The Bertz CT molecular complexity index is 398. The first-order valence-electron chi connectivity index (χ1n) is 5.36. The monoisotopic (exact) mass is 242 g/mol. The van der Waals surface area contributed by atoms with E-state index in [1.165, 1.54) is 6.20 Å². The molecule has 1 aromatic rings. The van der Waals surface area contributed by atoms with Gasteiger partial charge in [-0.3, -0.25) is 0 Å². The van der Waals surface area contributed by atoms with Crippen molar-refractivity contribution >= 4 is 11.8 Å². The molecule has 0 aliphatic heterocycles. The normalized spacial score (nSPS) is 12.2. The molecule has 0 saturated heterocycles. The van der Waals surface area contributed by atoms with Crippen molar-refractivity contribution in [3.63, 3.8) is 0 Å². The Kier molecular flexibility index (Phi) is 4.84. The van der Waals surface area contributed by atoms with Gasteiger partial charge in [-0.2, -0.15) is 0 Å². The van der Waals surface area contributed by atoms with E-state index in [9.17, 15) is 14.3 Å². The standard InChI is InChI=1S/C11H15FN2O3/c1-2-7(15)3-5-13-10-9(12)8(11(16)17)4-6-14-10/h4,6-7,15H,2-3,5H2,1H3,(H,13,14)(H,16,17). The number of halogens is 1. The summed E-state index contributed by atoms with van der Waals surface area (Å²) < 4.78 is 13.6. The summed E-state index contributed by atoms with van der Waals surface area (Å²) in [5.74, 6) is -2.32. The fourth-order valence-electron chi connectivity index (χ4n) is 1.29. The smallest absolute Gasteiger partial charge is 0.338 e. The Morgan fingerprint density at radius 3 is 2.94 bits per heavy atom. The number of hydrogen-bond acceptors (Lipinski definition) is 4. The summed E-state index contributed by atoms with van der Waals surface area (Å²) in [6.45, 7) is 2.18. The average molecular weight is 242 g/mol. The molecule has 1 heterocycles. The average Bonchev–Trinajstić information content (AvgIpc) is 2.30. The number of anilines is 1. The number of carboxylic acid groups (broad SMARTS) is 1. The van der Waals surface area contributed by atoms with Crippen LogP contribution in [0.4, 0.5) is 10.2 Å². The number of rotatable bonds is 6. The molecular weight excluding hydrogens is 227 g/mol. The fourth-order valence-corrected chi connectivity index (χ4v) is 1.29. The maximum atomic E-state index is 13.6. The van der Waals surface area contributed by atoms with Gasteiger partial charge in [0.05, 0.1) is 6.10 Å². The van der Waals surface area contributed by atoms with Gasteiger partial charge in [-0.15, -0.1) is 0 Å². The van der Waals surface area contributed by atoms with E-state index in [0.29, 0.717) is 19.4 Å². The Morgan fingerprint density at radius 1 is 1.65 bits per heavy atom. The molecule has 1 aromatic heterocycles. The van der Waals surface area contributed by atoms with Gasteiger partial charge in [-0.05, 0) is 18.9 Å². The van der Waals surface area contributed by atoms with Crippen LogP contribution in [0.1, 0.15) is 30.1 Å². The summed E-state index contributed by atoms with van der Waals surface area (Å²) in [4.78, 5) is 14.4. The van der Waals surface area contributed by atoms with Crippen LogP contribution in [0.3, 0.4) is 0 Å². The van der Waals surface area contributed by atoms with Gasteiger partial charge >= 0.3 is 5.97 Å². The highest BCUT2D eigenvalue weighted by Crippen LogP contribution is 2.15. The molecule has 0 spiro atoms. The zero-order chi connectivity index (χ0) is 12.8. The van der Waals surface area contributed by atoms with Gasteiger partial charge in [-0.25, -0.2) is 14.2 Å². The van der Waals surface area contributed by atoms with E-state index in [2.05, 4.69) is 10.3 Å². The van der Waals surface area contributed by atoms with Crippen LogP contribution in [-0.4, -0.2) is 33.8 Å². The third kappa shape index (κ3) is 3.67. The zero-order valence-corrected chi connectivity index (χ0v) is 9.48. The maximum Gasteiger partial charge on any atom is 0.338 e. The van der Waals surface area contributed by atoms with Gasteiger partial charge in [0.25, 0.3) is 0 Å². The summed E-state index contributed by atoms with van der Waals surface area (Å²) in [6, 6.07) is 1.10. The molecule has 0 aliphatic carbocycles. The van der Waals surface area contributed by atoms with Crippen LogP contribution in [0.15, 0.2) is 12.3 Å². The fraction of sp³-hybridized carbons (Fsp3) is 0.455. The Labute approximate surface area is 98.3 Å². The van der Waals surface area contributed by atoms with Crippen LogP contribution in [-0.2, 0) is 0 Å². The maximum absolute atomic E-state index is 13.6. The number of pyridine rings is 1. The van der Waals surface area contributed by atoms with Crippen molar-refractivity contribution in [2.24, 2.45) is 0 Å². The number of aliphatic hydroxyl groups is 1. The van der Waals surface area contributed by atoms with Crippen molar-refractivity contribution in [3.05, 3.63) is 23.6 Å². The van der Waals surface area contributed by atoms with E-state index in [0.717, 1.165) is 6.07 Å². The molecule has 0 amide bonds. The molecule has 5 nitrogen and oxygen atoms in total. The molecule has 0 fully saturated rings. The number of aliphatic hydroxyl groups excluding tert-OH is 1. The zero-order valence-electron chi connectivity index (χ0n) is 9.48. The van der Waals surface area contributed by atoms with Crippen molar-refractivity contribution in [2.75, 3.05) is 11.9 Å². The topological polar surface area (TPSA) is 82.5 Å². The van der Waals surface area contributed by atoms with E-state index in [4.69, 9.17) is 5.11 Å². The first-order valence-corrected chi connectivity index (χ1v) is 5.36. The van der Waals surface area contributed by atoms with Crippen LogP contribution in [0.5, 0.6) is 0 Å². The predicted octanol–water partition coefficient (Wildman–Crippen LogP) is 1.49. The minimum atomic E-state index is -1.33. The minimum Gasteiger partial charge on any atom is -0.478 e. The molecule has 1 atom stereocenters. The van der Waals surface area contributed by atoms with Crippen molar-refractivity contribution in [1.82, 2.24) is 4.98 Å². The molecule has 1 rings (SSSR count). The number of aromatic nitrogens is 1. The lowest BCUT2D eigenvalue weighted by atomic mass is 10.2. The second-order valence-electron chi connectivity index (χ2n) is 3.60. The SMILES string of the molecule is CCC(O)CCNc1nccc(C(=O)O)c1F. The van der Waals surface area contributed by atoms with E-state index in [1.807, 2.05) is 6.92 Å². The first-order chi connectivity index (χ1) is 8.06. The Hall–Kier alpha value is -1.69. The van der Waals surface area contributed by atoms with Crippen LogP contribution in [0, 0.1) is 5.82 Å². The number of carboxylic acids is 1. The van der Waals surface area contributed by atoms with E-state index in [-0.39, 0.29) is 5.82 Å². The van der Waals surface area contributed by atoms with Crippen LogP contribution in [0.25, 0.3) is 0 Å². The third-order valence-corrected chi connectivity index (χ3v) is 2.36. The molecular formula is C11H15FN2O3. The largest absolute Gasteiger partial charge is 0.478 e. The highest BCUT2D eigenvalue weighted by atomic mass is 19.1. The van der Waals surface area contributed by atoms with Crippen molar-refractivity contribution < 1.29 is 19.4 Å². The third-order valence-electron chi connectivity index (χ3n) is 2.36. The Balaban J connectivity index is 2.66. The lowest BCUT2D eigenvalue weighted by Gasteiger charge is -2.10. The molecule has 6 heteroatoms. The van der Waals surface area contributed by atoms with Crippen molar-refractivity contribution in [3.8, 4) is 0 Å². The van der Waals surface area contributed by atoms with Gasteiger partial charge < -0.3 is 15.5 Å². The molecule has 0 bridgehead atoms. The van der Waals surface area contributed by atoms with E-state index < -0.39 is 23.5 Å². The van der Waals surface area contributed by atoms with Crippen LogP contribution < -0.4 is 5.32 Å². The summed E-state index contributed by atoms with van der Waals surface area (Å²) in [7, 11) is 0. The van der Waals surface area contributed by atoms with Crippen molar-refractivity contribution in [2.45, 2.75) is 25.9 Å². The lowest BCUT2D eigenvalue weighted by molar-refractivity contribution is 0.0691. The van der Waals surface area contributed by atoms with E-state index in [1.54, 1.807) is 0 Å². The summed E-state index contributed by atoms with van der Waals surface area (Å²) in [5.41, 5.74) is -0.418. The highest BCUT2D eigenvalue weighted by Gasteiger charge is 2.14. The molecule has 0 aromatic carbocycles. The second-order valence-corrected chi connectivity index (χ2v) is 3.60. The van der Waals surface area contributed by atoms with Crippen LogP contribution in [0.2, 0.25) is 0 Å². The quantitative estimate of drug-likeness (QED) is 0.704. The lowest BCUT2D eigenvalue weighted by Crippen LogP contribution is -2.14. The van der Waals surface area contributed by atoms with Gasteiger partial charge in [0.15, 0.2) is 11.6 Å². The van der Waals surface area contributed by atoms with Gasteiger partial charge in [0, 0.05) is 12.7 Å². The van der Waals surface area contributed by atoms with E-state index >= 15 is 0 Å². The number of carbonyl (C=O) groups is 1. The summed E-state index contributed by atoms with van der Waals surface area (Å²) >= 11 is 0. The van der Waals surface area contributed by atoms with Crippen LogP contribution >= 0.6 is 0 Å². The molecule has 3 N–H and O–H groups in total. The van der Waals surface area contributed by atoms with Gasteiger partial charge in [0.2, 0.25) is 0 Å². The molecule has 94 valence electrons. The number of aromatic carboxylic acids is 1. The molecule has 1 unspecified atom stereocenters. The summed E-state index contributed by atoms with van der Waals surface area (Å²) in [5, 5.41) is 20.7. The molecule has 0 radical (unpaired) electrons.